The van der Waals surface area contributed by atoms with Gasteiger partial charge in [-0.25, -0.2) is 0 Å². The maximum atomic E-state index is 5.53. The van der Waals surface area contributed by atoms with Crippen LogP contribution in [0.15, 0.2) is 40.8 Å². The van der Waals surface area contributed by atoms with E-state index < -0.39 is 0 Å². The average Bonchev–Trinajstić information content (AvgIpc) is 2.73. The summed E-state index contributed by atoms with van der Waals surface area (Å²) in [5, 5.41) is 3.39. The van der Waals surface area contributed by atoms with E-state index in [4.69, 9.17) is 4.42 Å². The number of rotatable bonds is 4. The average molecular weight is 230 g/mol. The van der Waals surface area contributed by atoms with Crippen molar-refractivity contribution >= 4 is 11.4 Å². The largest absolute Gasteiger partial charge is 0.465 e. The van der Waals surface area contributed by atoms with Crippen LogP contribution in [0, 0.1) is 6.92 Å². The van der Waals surface area contributed by atoms with Crippen LogP contribution in [0.5, 0.6) is 0 Å². The van der Waals surface area contributed by atoms with E-state index in [0.717, 1.165) is 17.2 Å². The van der Waals surface area contributed by atoms with E-state index in [1.165, 1.54) is 5.69 Å². The monoisotopic (exact) mass is 230 g/mol. The van der Waals surface area contributed by atoms with Crippen LogP contribution < -0.4 is 10.2 Å². The molecule has 3 nitrogen and oxygen atoms in total. The number of para-hydroxylation sites is 2. The smallest absolute Gasteiger partial charge is 0.123 e. The van der Waals surface area contributed by atoms with Crippen molar-refractivity contribution < 1.29 is 4.42 Å². The first-order valence-electron chi connectivity index (χ1n) is 5.72. The Morgan fingerprint density at radius 1 is 1.12 bits per heavy atom. The van der Waals surface area contributed by atoms with Crippen molar-refractivity contribution in [3.05, 3.63) is 47.9 Å². The van der Waals surface area contributed by atoms with Crippen molar-refractivity contribution in [2.75, 3.05) is 24.3 Å². The van der Waals surface area contributed by atoms with Crippen molar-refractivity contribution in [3.63, 3.8) is 0 Å². The topological polar surface area (TPSA) is 28.4 Å². The minimum Gasteiger partial charge on any atom is -0.465 e. The highest BCUT2D eigenvalue weighted by Gasteiger charge is 2.04. The van der Waals surface area contributed by atoms with Gasteiger partial charge in [0.25, 0.3) is 0 Å². The van der Waals surface area contributed by atoms with E-state index in [0.29, 0.717) is 6.54 Å². The van der Waals surface area contributed by atoms with Crippen molar-refractivity contribution in [1.29, 1.82) is 0 Å². The minimum atomic E-state index is 0.707. The zero-order chi connectivity index (χ0) is 12.3. The summed E-state index contributed by atoms with van der Waals surface area (Å²) in [5.74, 6) is 1.90. The van der Waals surface area contributed by atoms with E-state index in [9.17, 15) is 0 Å². The Hall–Kier alpha value is -1.90. The van der Waals surface area contributed by atoms with E-state index in [1.807, 2.05) is 45.3 Å². The zero-order valence-corrected chi connectivity index (χ0v) is 10.5. The normalized spacial score (nSPS) is 10.3. The summed E-state index contributed by atoms with van der Waals surface area (Å²) in [6, 6.07) is 12.2. The number of nitrogens with one attached hydrogen (secondary N) is 1. The summed E-state index contributed by atoms with van der Waals surface area (Å²) in [5.41, 5.74) is 2.29. The fourth-order valence-corrected chi connectivity index (χ4v) is 1.78. The molecule has 0 aliphatic heterocycles. The molecule has 0 unspecified atom stereocenters. The highest BCUT2D eigenvalue weighted by atomic mass is 16.3. The molecule has 0 saturated carbocycles. The molecule has 3 heteroatoms. The van der Waals surface area contributed by atoms with E-state index >= 15 is 0 Å². The molecule has 0 bridgehead atoms. The molecule has 0 fully saturated rings. The molecule has 0 radical (unpaired) electrons. The molecule has 17 heavy (non-hydrogen) atoms. The summed E-state index contributed by atoms with van der Waals surface area (Å²) < 4.78 is 5.53. The highest BCUT2D eigenvalue weighted by Crippen LogP contribution is 2.24. The Morgan fingerprint density at radius 3 is 2.53 bits per heavy atom. The Labute approximate surface area is 102 Å². The van der Waals surface area contributed by atoms with Gasteiger partial charge >= 0.3 is 0 Å². The van der Waals surface area contributed by atoms with Crippen molar-refractivity contribution in [2.24, 2.45) is 0 Å². The predicted molar refractivity (Wildman–Crippen MR) is 71.5 cm³/mol. The van der Waals surface area contributed by atoms with Gasteiger partial charge in [-0.1, -0.05) is 12.1 Å². The Balaban J connectivity index is 2.08. The van der Waals surface area contributed by atoms with Crippen LogP contribution in [-0.2, 0) is 6.54 Å². The van der Waals surface area contributed by atoms with E-state index in [-0.39, 0.29) is 0 Å². The number of anilines is 2. The molecule has 1 N–H and O–H groups in total. The molecule has 1 aromatic heterocycles. The van der Waals surface area contributed by atoms with Gasteiger partial charge in [-0.05, 0) is 31.2 Å². The Morgan fingerprint density at radius 2 is 1.88 bits per heavy atom. The lowest BCUT2D eigenvalue weighted by atomic mass is 10.2. The Bertz CT molecular complexity index is 488. The van der Waals surface area contributed by atoms with Gasteiger partial charge in [0, 0.05) is 14.1 Å². The molecule has 90 valence electrons. The molecule has 0 aliphatic rings. The predicted octanol–water partition coefficient (Wildman–Crippen LogP) is 3.27. The SMILES string of the molecule is Cc1ccc(CNc2ccccc2N(C)C)o1. The van der Waals surface area contributed by atoms with Crippen LogP contribution in [0.3, 0.4) is 0 Å². The first kappa shape index (κ1) is 11.6. The van der Waals surface area contributed by atoms with Crippen molar-refractivity contribution in [3.8, 4) is 0 Å². The van der Waals surface area contributed by atoms with Crippen LogP contribution in [0.1, 0.15) is 11.5 Å². The molecule has 1 aromatic carbocycles. The van der Waals surface area contributed by atoms with Gasteiger partial charge in [0.05, 0.1) is 17.9 Å². The summed E-state index contributed by atoms with van der Waals surface area (Å²) >= 11 is 0. The lowest BCUT2D eigenvalue weighted by Crippen LogP contribution is -2.11. The number of hydrogen-bond donors (Lipinski definition) is 1. The summed E-state index contributed by atoms with van der Waals surface area (Å²) in [7, 11) is 4.08. The van der Waals surface area contributed by atoms with Gasteiger partial charge in [0.2, 0.25) is 0 Å². The second-order valence-electron chi connectivity index (χ2n) is 4.28. The van der Waals surface area contributed by atoms with Crippen LogP contribution >= 0.6 is 0 Å². The van der Waals surface area contributed by atoms with Crippen molar-refractivity contribution in [2.45, 2.75) is 13.5 Å². The van der Waals surface area contributed by atoms with Crippen molar-refractivity contribution in [1.82, 2.24) is 0 Å². The van der Waals surface area contributed by atoms with Gasteiger partial charge in [0.15, 0.2) is 0 Å². The molecule has 0 amide bonds. The number of nitrogens with zero attached hydrogens (tertiary/aromatic N) is 1. The van der Waals surface area contributed by atoms with Crippen LogP contribution in [0.25, 0.3) is 0 Å². The summed E-state index contributed by atoms with van der Waals surface area (Å²) in [4.78, 5) is 2.09. The molecular weight excluding hydrogens is 212 g/mol. The molecule has 0 atom stereocenters. The molecule has 2 rings (SSSR count). The summed E-state index contributed by atoms with van der Waals surface area (Å²) in [6.07, 6.45) is 0. The third kappa shape index (κ3) is 2.81. The fourth-order valence-electron chi connectivity index (χ4n) is 1.78. The summed E-state index contributed by atoms with van der Waals surface area (Å²) in [6.45, 7) is 2.66. The van der Waals surface area contributed by atoms with Gasteiger partial charge in [0.1, 0.15) is 11.5 Å². The first-order chi connectivity index (χ1) is 8.16. The van der Waals surface area contributed by atoms with Gasteiger partial charge in [-0.2, -0.15) is 0 Å². The second-order valence-corrected chi connectivity index (χ2v) is 4.28. The van der Waals surface area contributed by atoms with Crippen LogP contribution in [0.2, 0.25) is 0 Å². The highest BCUT2D eigenvalue weighted by molar-refractivity contribution is 5.69. The molecular formula is C14H18N2O. The second kappa shape index (κ2) is 4.95. The standard InChI is InChI=1S/C14H18N2O/c1-11-8-9-12(17-11)10-15-13-6-4-5-7-14(13)16(2)3/h4-9,15H,10H2,1-3H3. The Kier molecular flexibility index (Phi) is 3.38. The maximum absolute atomic E-state index is 5.53. The van der Waals surface area contributed by atoms with E-state index in [1.54, 1.807) is 0 Å². The minimum absolute atomic E-state index is 0.707. The van der Waals surface area contributed by atoms with Gasteiger partial charge < -0.3 is 14.6 Å². The molecule has 0 saturated heterocycles. The zero-order valence-electron chi connectivity index (χ0n) is 10.5. The number of aryl methyl sites for hydroxylation is 1. The molecule has 0 spiro atoms. The van der Waals surface area contributed by atoms with Crippen LogP contribution in [0.4, 0.5) is 11.4 Å². The quantitative estimate of drug-likeness (QED) is 0.873. The van der Waals surface area contributed by atoms with Gasteiger partial charge in [-0.15, -0.1) is 0 Å². The first-order valence-corrected chi connectivity index (χ1v) is 5.72. The van der Waals surface area contributed by atoms with Crippen LogP contribution in [-0.4, -0.2) is 14.1 Å². The molecule has 1 heterocycles. The van der Waals surface area contributed by atoms with Gasteiger partial charge in [-0.3, -0.25) is 0 Å². The number of benzene rings is 1. The molecule has 2 aromatic rings. The lowest BCUT2D eigenvalue weighted by molar-refractivity contribution is 0.490. The molecule has 0 aliphatic carbocycles. The lowest BCUT2D eigenvalue weighted by Gasteiger charge is -2.17. The van der Waals surface area contributed by atoms with E-state index in [2.05, 4.69) is 22.3 Å². The third-order valence-electron chi connectivity index (χ3n) is 2.63. The third-order valence-corrected chi connectivity index (χ3v) is 2.63. The number of hydrogen-bond acceptors (Lipinski definition) is 3. The fraction of sp³-hybridized carbons (Fsp3) is 0.286. The number of furan rings is 1. The maximum Gasteiger partial charge on any atom is 0.123 e.